The topological polar surface area (TPSA) is 18.5 Å². The lowest BCUT2D eigenvalue weighted by molar-refractivity contribution is 0.320. The van der Waals surface area contributed by atoms with Crippen molar-refractivity contribution in [3.8, 4) is 11.5 Å². The van der Waals surface area contributed by atoms with Gasteiger partial charge in [0, 0.05) is 6.07 Å². The first-order valence-corrected chi connectivity index (χ1v) is 5.41. The molecule has 0 aromatic heterocycles. The molecule has 0 spiro atoms. The Bertz CT molecular complexity index is 305. The lowest BCUT2D eigenvalue weighted by Crippen LogP contribution is -2.00. The number of benzene rings is 1. The molecule has 2 nitrogen and oxygen atoms in total. The third kappa shape index (κ3) is 3.15. The number of hydrogen-bond acceptors (Lipinski definition) is 2. The first kappa shape index (κ1) is 11.9. The second kappa shape index (κ2) is 5.64. The molecular formula is C13H19O2. The molecule has 0 amide bonds. The Morgan fingerprint density at radius 3 is 2.40 bits per heavy atom. The van der Waals surface area contributed by atoms with Crippen molar-refractivity contribution in [3.63, 3.8) is 0 Å². The van der Waals surface area contributed by atoms with E-state index in [4.69, 9.17) is 9.47 Å². The average molecular weight is 207 g/mol. The molecule has 0 aliphatic rings. The van der Waals surface area contributed by atoms with Gasteiger partial charge in [-0.1, -0.05) is 13.0 Å². The van der Waals surface area contributed by atoms with Gasteiger partial charge in [0.25, 0.3) is 0 Å². The first-order chi connectivity index (χ1) is 7.19. The van der Waals surface area contributed by atoms with Crippen molar-refractivity contribution in [1.82, 2.24) is 0 Å². The molecule has 0 saturated heterocycles. The third-order valence-corrected chi connectivity index (χ3v) is 2.13. The Morgan fingerprint density at radius 1 is 1.20 bits per heavy atom. The van der Waals surface area contributed by atoms with Gasteiger partial charge in [-0.3, -0.25) is 0 Å². The summed E-state index contributed by atoms with van der Waals surface area (Å²) in [7, 11) is 0. The van der Waals surface area contributed by atoms with Gasteiger partial charge in [0.1, 0.15) is 11.5 Å². The van der Waals surface area contributed by atoms with Gasteiger partial charge in [0.05, 0.1) is 13.2 Å². The SMILES string of the molecule is [CH2]C(C)c1ccc(OCC)cc1OCC. The van der Waals surface area contributed by atoms with Crippen LogP contribution in [0.25, 0.3) is 0 Å². The maximum Gasteiger partial charge on any atom is 0.126 e. The van der Waals surface area contributed by atoms with Gasteiger partial charge in [-0.2, -0.15) is 0 Å². The Labute approximate surface area is 92.2 Å². The second-order valence-corrected chi connectivity index (χ2v) is 3.47. The third-order valence-electron chi connectivity index (χ3n) is 2.13. The molecule has 0 aliphatic carbocycles. The summed E-state index contributed by atoms with van der Waals surface area (Å²) in [6.07, 6.45) is 0. The molecule has 0 bridgehead atoms. The van der Waals surface area contributed by atoms with Crippen molar-refractivity contribution in [3.05, 3.63) is 30.7 Å². The fraction of sp³-hybridized carbons (Fsp3) is 0.462. The van der Waals surface area contributed by atoms with E-state index in [0.29, 0.717) is 13.2 Å². The minimum atomic E-state index is 0.224. The first-order valence-electron chi connectivity index (χ1n) is 5.41. The van der Waals surface area contributed by atoms with Gasteiger partial charge in [-0.25, -0.2) is 0 Å². The van der Waals surface area contributed by atoms with Crippen molar-refractivity contribution in [2.75, 3.05) is 13.2 Å². The highest BCUT2D eigenvalue weighted by atomic mass is 16.5. The Kier molecular flexibility index (Phi) is 4.47. The van der Waals surface area contributed by atoms with Gasteiger partial charge in [0.15, 0.2) is 0 Å². The summed E-state index contributed by atoms with van der Waals surface area (Å²) in [5.41, 5.74) is 1.13. The molecule has 1 radical (unpaired) electrons. The number of rotatable bonds is 5. The molecule has 0 N–H and O–H groups in total. The van der Waals surface area contributed by atoms with Gasteiger partial charge in [0.2, 0.25) is 0 Å². The van der Waals surface area contributed by atoms with Crippen LogP contribution in [0.15, 0.2) is 18.2 Å². The van der Waals surface area contributed by atoms with Crippen LogP contribution in [0.3, 0.4) is 0 Å². The zero-order valence-corrected chi connectivity index (χ0v) is 9.75. The van der Waals surface area contributed by atoms with Crippen LogP contribution >= 0.6 is 0 Å². The van der Waals surface area contributed by atoms with Crippen molar-refractivity contribution < 1.29 is 9.47 Å². The molecule has 1 atom stereocenters. The predicted octanol–water partition coefficient (Wildman–Crippen LogP) is 3.42. The van der Waals surface area contributed by atoms with Crippen molar-refractivity contribution in [2.45, 2.75) is 26.7 Å². The van der Waals surface area contributed by atoms with E-state index < -0.39 is 0 Å². The van der Waals surface area contributed by atoms with Crippen LogP contribution in [-0.4, -0.2) is 13.2 Å². The minimum absolute atomic E-state index is 0.224. The van der Waals surface area contributed by atoms with Gasteiger partial charge in [-0.15, -0.1) is 0 Å². The summed E-state index contributed by atoms with van der Waals surface area (Å²) in [4.78, 5) is 0. The monoisotopic (exact) mass is 207 g/mol. The summed E-state index contributed by atoms with van der Waals surface area (Å²) in [6, 6.07) is 5.92. The molecule has 1 aromatic rings. The summed E-state index contributed by atoms with van der Waals surface area (Å²) < 4.78 is 11.0. The molecule has 0 fully saturated rings. The molecule has 83 valence electrons. The number of hydrogen-bond donors (Lipinski definition) is 0. The molecule has 1 unspecified atom stereocenters. The quantitative estimate of drug-likeness (QED) is 0.736. The van der Waals surface area contributed by atoms with E-state index in [9.17, 15) is 0 Å². The van der Waals surface area contributed by atoms with Crippen molar-refractivity contribution in [2.24, 2.45) is 0 Å². The summed E-state index contributed by atoms with van der Waals surface area (Å²) in [6.45, 7) is 11.3. The van der Waals surface area contributed by atoms with Crippen LogP contribution in [0.2, 0.25) is 0 Å². The van der Waals surface area contributed by atoms with E-state index in [1.54, 1.807) is 0 Å². The Hall–Kier alpha value is -1.18. The van der Waals surface area contributed by atoms with Crippen LogP contribution in [0.1, 0.15) is 32.3 Å². The highest BCUT2D eigenvalue weighted by molar-refractivity contribution is 5.42. The van der Waals surface area contributed by atoms with Crippen LogP contribution in [0.5, 0.6) is 11.5 Å². The molecule has 1 aromatic carbocycles. The smallest absolute Gasteiger partial charge is 0.126 e. The lowest BCUT2D eigenvalue weighted by atomic mass is 10.0. The standard InChI is InChI=1S/C13H19O2/c1-5-14-11-7-8-12(10(3)4)13(9-11)15-6-2/h7-10H,3,5-6H2,1-2,4H3. The normalized spacial score (nSPS) is 10.5. The molecular weight excluding hydrogens is 188 g/mol. The summed E-state index contributed by atoms with van der Waals surface area (Å²) in [5, 5.41) is 0. The Balaban J connectivity index is 2.97. The lowest BCUT2D eigenvalue weighted by Gasteiger charge is -2.14. The van der Waals surface area contributed by atoms with Crippen LogP contribution < -0.4 is 9.47 Å². The second-order valence-electron chi connectivity index (χ2n) is 3.47. The van der Waals surface area contributed by atoms with E-state index in [2.05, 4.69) is 13.8 Å². The zero-order chi connectivity index (χ0) is 11.3. The molecule has 0 aliphatic heterocycles. The van der Waals surface area contributed by atoms with Crippen LogP contribution in [0, 0.1) is 6.92 Å². The van der Waals surface area contributed by atoms with Crippen LogP contribution in [0.4, 0.5) is 0 Å². The highest BCUT2D eigenvalue weighted by Gasteiger charge is 2.08. The molecule has 1 rings (SSSR count). The van der Waals surface area contributed by atoms with Gasteiger partial charge < -0.3 is 9.47 Å². The Morgan fingerprint density at radius 2 is 1.87 bits per heavy atom. The summed E-state index contributed by atoms with van der Waals surface area (Å²) >= 11 is 0. The molecule has 0 heterocycles. The molecule has 2 heteroatoms. The maximum atomic E-state index is 5.57. The van der Waals surface area contributed by atoms with E-state index >= 15 is 0 Å². The average Bonchev–Trinajstić information content (AvgIpc) is 2.18. The van der Waals surface area contributed by atoms with Gasteiger partial charge in [-0.05, 0) is 38.3 Å². The fourth-order valence-electron chi connectivity index (χ4n) is 1.46. The van der Waals surface area contributed by atoms with E-state index in [-0.39, 0.29) is 5.92 Å². The molecule has 0 saturated carbocycles. The van der Waals surface area contributed by atoms with E-state index in [1.807, 2.05) is 32.0 Å². The fourth-order valence-corrected chi connectivity index (χ4v) is 1.46. The van der Waals surface area contributed by atoms with Crippen molar-refractivity contribution in [1.29, 1.82) is 0 Å². The maximum absolute atomic E-state index is 5.57. The van der Waals surface area contributed by atoms with E-state index in [1.165, 1.54) is 0 Å². The molecule has 15 heavy (non-hydrogen) atoms. The van der Waals surface area contributed by atoms with Crippen molar-refractivity contribution >= 4 is 0 Å². The van der Waals surface area contributed by atoms with Gasteiger partial charge >= 0.3 is 0 Å². The number of ether oxygens (including phenoxy) is 2. The minimum Gasteiger partial charge on any atom is -0.494 e. The highest BCUT2D eigenvalue weighted by Crippen LogP contribution is 2.30. The zero-order valence-electron chi connectivity index (χ0n) is 9.75. The van der Waals surface area contributed by atoms with Crippen LogP contribution in [-0.2, 0) is 0 Å². The predicted molar refractivity (Wildman–Crippen MR) is 62.6 cm³/mol. The van der Waals surface area contributed by atoms with E-state index in [0.717, 1.165) is 17.1 Å². The summed E-state index contributed by atoms with van der Waals surface area (Å²) in [5.74, 6) is 1.96. The largest absolute Gasteiger partial charge is 0.494 e.